The maximum Gasteiger partial charge on any atom is 0.288 e. The van der Waals surface area contributed by atoms with Gasteiger partial charge in [-0.25, -0.2) is 4.68 Å². The van der Waals surface area contributed by atoms with Gasteiger partial charge in [-0.3, -0.25) is 10.1 Å². The molecule has 1 aromatic heterocycles. The van der Waals surface area contributed by atoms with Crippen LogP contribution >= 0.6 is 11.6 Å². The molecule has 2 rings (SSSR count). The third-order valence-electron chi connectivity index (χ3n) is 2.43. The Morgan fingerprint density at radius 3 is 2.65 bits per heavy atom. The SMILES string of the molecule is Cc1ccn(-c2cc(Cl)c([N+](=O)[O-])cc2C)n1. The number of nitro benzene ring substituents is 1. The van der Waals surface area contributed by atoms with E-state index < -0.39 is 4.92 Å². The maximum absolute atomic E-state index is 10.7. The van der Waals surface area contributed by atoms with Gasteiger partial charge in [0.1, 0.15) is 5.02 Å². The van der Waals surface area contributed by atoms with Crippen molar-refractivity contribution in [1.29, 1.82) is 0 Å². The Bertz CT molecular complexity index is 592. The predicted octanol–water partition coefficient (Wildman–Crippen LogP) is 3.05. The highest BCUT2D eigenvalue weighted by Crippen LogP contribution is 2.29. The first-order valence-electron chi connectivity index (χ1n) is 4.96. The van der Waals surface area contributed by atoms with Gasteiger partial charge in [0, 0.05) is 12.3 Å². The van der Waals surface area contributed by atoms with Crippen LogP contribution in [0.25, 0.3) is 5.69 Å². The number of aryl methyl sites for hydroxylation is 2. The van der Waals surface area contributed by atoms with Gasteiger partial charge in [-0.2, -0.15) is 5.10 Å². The highest BCUT2D eigenvalue weighted by Gasteiger charge is 2.16. The van der Waals surface area contributed by atoms with Crippen LogP contribution in [0.15, 0.2) is 24.4 Å². The summed E-state index contributed by atoms with van der Waals surface area (Å²) in [6, 6.07) is 4.87. The lowest BCUT2D eigenvalue weighted by molar-refractivity contribution is -0.384. The van der Waals surface area contributed by atoms with Crippen LogP contribution in [0.5, 0.6) is 0 Å². The molecular weight excluding hydrogens is 242 g/mol. The molecule has 5 nitrogen and oxygen atoms in total. The van der Waals surface area contributed by atoms with Gasteiger partial charge in [0.25, 0.3) is 5.69 Å². The van der Waals surface area contributed by atoms with Gasteiger partial charge in [0.05, 0.1) is 16.3 Å². The second-order valence-corrected chi connectivity index (χ2v) is 4.16. The molecule has 0 saturated heterocycles. The van der Waals surface area contributed by atoms with E-state index >= 15 is 0 Å². The van der Waals surface area contributed by atoms with Crippen molar-refractivity contribution in [1.82, 2.24) is 9.78 Å². The summed E-state index contributed by atoms with van der Waals surface area (Å²) in [5.41, 5.74) is 2.29. The van der Waals surface area contributed by atoms with E-state index in [2.05, 4.69) is 5.10 Å². The van der Waals surface area contributed by atoms with E-state index in [4.69, 9.17) is 11.6 Å². The number of aromatic nitrogens is 2. The maximum atomic E-state index is 10.7. The zero-order valence-electron chi connectivity index (χ0n) is 9.35. The third kappa shape index (κ3) is 2.14. The van der Waals surface area contributed by atoms with Gasteiger partial charge in [-0.1, -0.05) is 11.6 Å². The molecule has 0 unspecified atom stereocenters. The predicted molar refractivity (Wildman–Crippen MR) is 64.7 cm³/mol. The summed E-state index contributed by atoms with van der Waals surface area (Å²) in [5.74, 6) is 0. The standard InChI is InChI=1S/C11H10ClN3O2/c1-7-5-11(15(16)17)9(12)6-10(7)14-4-3-8(2)13-14/h3-6H,1-2H3. The van der Waals surface area contributed by atoms with Crippen LogP contribution in [0, 0.1) is 24.0 Å². The highest BCUT2D eigenvalue weighted by atomic mass is 35.5. The Morgan fingerprint density at radius 1 is 1.41 bits per heavy atom. The quantitative estimate of drug-likeness (QED) is 0.609. The second kappa shape index (κ2) is 4.18. The van der Waals surface area contributed by atoms with E-state index in [9.17, 15) is 10.1 Å². The highest BCUT2D eigenvalue weighted by molar-refractivity contribution is 6.32. The fourth-order valence-corrected chi connectivity index (χ4v) is 1.82. The second-order valence-electron chi connectivity index (χ2n) is 3.75. The lowest BCUT2D eigenvalue weighted by Gasteiger charge is -2.06. The average molecular weight is 252 g/mol. The summed E-state index contributed by atoms with van der Waals surface area (Å²) in [6.45, 7) is 3.66. The van der Waals surface area contributed by atoms with Crippen molar-refractivity contribution < 1.29 is 4.92 Å². The van der Waals surface area contributed by atoms with Crippen LogP contribution in [0.4, 0.5) is 5.69 Å². The smallest absolute Gasteiger partial charge is 0.258 e. The zero-order valence-corrected chi connectivity index (χ0v) is 10.1. The van der Waals surface area contributed by atoms with Gasteiger partial charge < -0.3 is 0 Å². The minimum Gasteiger partial charge on any atom is -0.258 e. The van der Waals surface area contributed by atoms with E-state index in [1.807, 2.05) is 13.0 Å². The first-order valence-corrected chi connectivity index (χ1v) is 5.34. The summed E-state index contributed by atoms with van der Waals surface area (Å²) < 4.78 is 1.65. The zero-order chi connectivity index (χ0) is 12.6. The van der Waals surface area contributed by atoms with Crippen molar-refractivity contribution in [3.8, 4) is 5.69 Å². The van der Waals surface area contributed by atoms with Gasteiger partial charge in [-0.15, -0.1) is 0 Å². The number of hydrogen-bond acceptors (Lipinski definition) is 3. The third-order valence-corrected chi connectivity index (χ3v) is 2.73. The Kier molecular flexibility index (Phi) is 2.85. The summed E-state index contributed by atoms with van der Waals surface area (Å²) in [6.07, 6.45) is 1.79. The molecule has 0 amide bonds. The van der Waals surface area contributed by atoms with Crippen LogP contribution in [-0.4, -0.2) is 14.7 Å². The molecule has 0 atom stereocenters. The molecule has 0 spiro atoms. The number of nitro groups is 1. The molecule has 0 N–H and O–H groups in total. The molecule has 0 fully saturated rings. The molecule has 0 aliphatic rings. The molecule has 2 aromatic rings. The van der Waals surface area contributed by atoms with Crippen molar-refractivity contribution >= 4 is 17.3 Å². The van der Waals surface area contributed by atoms with E-state index in [0.717, 1.165) is 16.9 Å². The normalized spacial score (nSPS) is 10.5. The molecule has 0 saturated carbocycles. The molecule has 0 aliphatic heterocycles. The largest absolute Gasteiger partial charge is 0.288 e. The minimum absolute atomic E-state index is 0.0863. The molecule has 1 aromatic carbocycles. The molecule has 6 heteroatoms. The molecule has 17 heavy (non-hydrogen) atoms. The number of nitrogens with zero attached hydrogens (tertiary/aromatic N) is 3. The van der Waals surface area contributed by atoms with Crippen LogP contribution < -0.4 is 0 Å². The van der Waals surface area contributed by atoms with Gasteiger partial charge in [0.15, 0.2) is 0 Å². The first-order chi connectivity index (χ1) is 7.99. The van der Waals surface area contributed by atoms with E-state index in [0.29, 0.717) is 0 Å². The van der Waals surface area contributed by atoms with Gasteiger partial charge in [0.2, 0.25) is 0 Å². The van der Waals surface area contributed by atoms with Crippen molar-refractivity contribution in [2.45, 2.75) is 13.8 Å². The molecule has 0 bridgehead atoms. The van der Waals surface area contributed by atoms with Crippen molar-refractivity contribution in [3.63, 3.8) is 0 Å². The van der Waals surface area contributed by atoms with Crippen molar-refractivity contribution in [2.75, 3.05) is 0 Å². The molecule has 88 valence electrons. The summed E-state index contributed by atoms with van der Waals surface area (Å²) >= 11 is 5.87. The van der Waals surface area contributed by atoms with Crippen molar-refractivity contribution in [2.24, 2.45) is 0 Å². The van der Waals surface area contributed by atoms with Crippen LogP contribution in [-0.2, 0) is 0 Å². The minimum atomic E-state index is -0.493. The van der Waals surface area contributed by atoms with Crippen LogP contribution in [0.1, 0.15) is 11.3 Å². The van der Waals surface area contributed by atoms with E-state index in [1.165, 1.54) is 6.07 Å². The fraction of sp³-hybridized carbons (Fsp3) is 0.182. The summed E-state index contributed by atoms with van der Waals surface area (Å²) in [5, 5.41) is 15.1. The first kappa shape index (κ1) is 11.6. The number of benzene rings is 1. The Morgan fingerprint density at radius 2 is 2.12 bits per heavy atom. The summed E-state index contributed by atoms with van der Waals surface area (Å²) in [7, 11) is 0. The Hall–Kier alpha value is -1.88. The van der Waals surface area contributed by atoms with Crippen LogP contribution in [0.2, 0.25) is 5.02 Å². The van der Waals surface area contributed by atoms with Crippen molar-refractivity contribution in [3.05, 3.63) is 50.8 Å². The molecule has 1 heterocycles. The number of halogens is 1. The van der Waals surface area contributed by atoms with E-state index in [1.54, 1.807) is 23.9 Å². The lowest BCUT2D eigenvalue weighted by Crippen LogP contribution is -2.00. The molecule has 0 radical (unpaired) electrons. The topological polar surface area (TPSA) is 61.0 Å². The monoisotopic (exact) mass is 251 g/mol. The Labute approximate surface area is 103 Å². The Balaban J connectivity index is 2.57. The van der Waals surface area contributed by atoms with Crippen LogP contribution in [0.3, 0.4) is 0 Å². The number of rotatable bonds is 2. The summed E-state index contributed by atoms with van der Waals surface area (Å²) in [4.78, 5) is 10.2. The van der Waals surface area contributed by atoms with Gasteiger partial charge >= 0.3 is 0 Å². The lowest BCUT2D eigenvalue weighted by atomic mass is 10.2. The van der Waals surface area contributed by atoms with E-state index in [-0.39, 0.29) is 10.7 Å². The molecule has 0 aliphatic carbocycles. The molecular formula is C11H10ClN3O2. The number of hydrogen-bond donors (Lipinski definition) is 0. The fourth-order valence-electron chi connectivity index (χ4n) is 1.59. The van der Waals surface area contributed by atoms with Gasteiger partial charge in [-0.05, 0) is 31.5 Å². The average Bonchev–Trinajstić information content (AvgIpc) is 2.67.